The van der Waals surface area contributed by atoms with Crippen LogP contribution in [0.3, 0.4) is 0 Å². The van der Waals surface area contributed by atoms with Gasteiger partial charge in [0.05, 0.1) is 22.9 Å². The zero-order valence-corrected chi connectivity index (χ0v) is 25.6. The Bertz CT molecular complexity index is 1520. The van der Waals surface area contributed by atoms with Crippen LogP contribution in [0.5, 0.6) is 0 Å². The molecule has 2 aromatic heterocycles. The highest BCUT2D eigenvalue weighted by Gasteiger charge is 2.36. The Morgan fingerprint density at radius 2 is 1.98 bits per heavy atom. The number of piperidine rings is 1. The first-order valence-electron chi connectivity index (χ1n) is 14.3. The van der Waals surface area contributed by atoms with Crippen LogP contribution in [0.25, 0.3) is 11.5 Å². The first kappa shape index (κ1) is 30.2. The topological polar surface area (TPSA) is 142 Å². The SMILES string of the molecule is C[C@@H]1C[C@H]1CN(CCCC(=O)O)c1cc(-c2nnc(C3NCCCC3c3ccccc3)o2)c(Cl)c(N(C)S(C)(=O)=O)n1. The summed E-state index contributed by atoms with van der Waals surface area (Å²) in [7, 11) is -2.31. The summed E-state index contributed by atoms with van der Waals surface area (Å²) < 4.78 is 32.4. The summed E-state index contributed by atoms with van der Waals surface area (Å²) in [5.74, 6) is 1.36. The molecule has 0 radical (unpaired) electrons. The number of aromatic nitrogens is 3. The van der Waals surface area contributed by atoms with E-state index in [4.69, 9.17) is 16.0 Å². The third-order valence-electron chi connectivity index (χ3n) is 8.22. The highest BCUT2D eigenvalue weighted by atomic mass is 35.5. The van der Waals surface area contributed by atoms with Crippen LogP contribution in [-0.4, -0.2) is 67.6 Å². The number of halogens is 1. The summed E-state index contributed by atoms with van der Waals surface area (Å²) in [6.45, 7) is 4.09. The van der Waals surface area contributed by atoms with Gasteiger partial charge in [-0.2, -0.15) is 0 Å². The minimum absolute atomic E-state index is 0.0112. The summed E-state index contributed by atoms with van der Waals surface area (Å²) in [5.41, 5.74) is 1.55. The first-order chi connectivity index (χ1) is 20.0. The van der Waals surface area contributed by atoms with Gasteiger partial charge in [0.2, 0.25) is 21.8 Å². The van der Waals surface area contributed by atoms with E-state index in [1.54, 1.807) is 6.07 Å². The van der Waals surface area contributed by atoms with Crippen LogP contribution < -0.4 is 14.5 Å². The summed E-state index contributed by atoms with van der Waals surface area (Å²) in [5, 5.41) is 21.6. The Morgan fingerprint density at radius 1 is 1.24 bits per heavy atom. The average molecular weight is 617 g/mol. The third kappa shape index (κ3) is 6.87. The molecule has 0 spiro atoms. The minimum atomic E-state index is -3.70. The molecule has 1 aliphatic heterocycles. The smallest absolute Gasteiger partial charge is 0.303 e. The number of carboxylic acid groups (broad SMARTS) is 1. The van der Waals surface area contributed by atoms with Crippen LogP contribution in [0, 0.1) is 11.8 Å². The molecule has 42 heavy (non-hydrogen) atoms. The molecule has 3 heterocycles. The Balaban J connectivity index is 1.54. The summed E-state index contributed by atoms with van der Waals surface area (Å²) >= 11 is 6.82. The number of sulfonamides is 1. The van der Waals surface area contributed by atoms with Crippen LogP contribution in [0.4, 0.5) is 11.6 Å². The Kier molecular flexibility index (Phi) is 9.05. The molecule has 2 fully saturated rings. The number of nitrogens with one attached hydrogen (secondary N) is 1. The number of rotatable bonds is 12. The lowest BCUT2D eigenvalue weighted by molar-refractivity contribution is -0.137. The van der Waals surface area contributed by atoms with Crippen molar-refractivity contribution in [2.45, 2.75) is 51.0 Å². The average Bonchev–Trinajstić information content (AvgIpc) is 3.44. The molecule has 1 aliphatic carbocycles. The van der Waals surface area contributed by atoms with E-state index in [1.165, 1.54) is 12.6 Å². The molecule has 1 aromatic carbocycles. The van der Waals surface area contributed by atoms with Crippen molar-refractivity contribution in [3.63, 3.8) is 0 Å². The van der Waals surface area contributed by atoms with Gasteiger partial charge in [-0.3, -0.25) is 9.10 Å². The summed E-state index contributed by atoms with van der Waals surface area (Å²) in [6.07, 6.45) is 4.56. The number of carboxylic acids is 1. The van der Waals surface area contributed by atoms with Crippen LogP contribution >= 0.6 is 11.6 Å². The van der Waals surface area contributed by atoms with Gasteiger partial charge in [0.1, 0.15) is 5.82 Å². The van der Waals surface area contributed by atoms with Gasteiger partial charge in [-0.25, -0.2) is 13.4 Å². The lowest BCUT2D eigenvalue weighted by atomic mass is 9.85. The van der Waals surface area contributed by atoms with Crippen LogP contribution in [-0.2, 0) is 14.8 Å². The van der Waals surface area contributed by atoms with Gasteiger partial charge in [0, 0.05) is 32.5 Å². The van der Waals surface area contributed by atoms with Crippen molar-refractivity contribution < 1.29 is 22.7 Å². The van der Waals surface area contributed by atoms with Gasteiger partial charge in [-0.15, -0.1) is 10.2 Å². The highest BCUT2D eigenvalue weighted by molar-refractivity contribution is 7.92. The minimum Gasteiger partial charge on any atom is -0.481 e. The van der Waals surface area contributed by atoms with E-state index in [9.17, 15) is 18.3 Å². The fourth-order valence-corrected chi connectivity index (χ4v) is 6.32. The summed E-state index contributed by atoms with van der Waals surface area (Å²) in [6, 6.07) is 11.8. The molecule has 4 atom stereocenters. The van der Waals surface area contributed by atoms with E-state index < -0.39 is 16.0 Å². The molecule has 2 aliphatic rings. The lowest BCUT2D eigenvalue weighted by Gasteiger charge is -2.30. The molecule has 5 rings (SSSR count). The van der Waals surface area contributed by atoms with E-state index in [2.05, 4.69) is 39.6 Å². The second-order valence-corrected chi connectivity index (χ2v) is 13.7. The summed E-state index contributed by atoms with van der Waals surface area (Å²) in [4.78, 5) is 17.9. The van der Waals surface area contributed by atoms with Crippen molar-refractivity contribution in [3.8, 4) is 11.5 Å². The largest absolute Gasteiger partial charge is 0.481 e. The fourth-order valence-electron chi connectivity index (χ4n) is 5.52. The van der Waals surface area contributed by atoms with Crippen LogP contribution in [0.2, 0.25) is 5.02 Å². The van der Waals surface area contributed by atoms with Gasteiger partial charge >= 0.3 is 5.97 Å². The molecule has 1 saturated carbocycles. The number of nitrogens with zero attached hydrogens (tertiary/aromatic N) is 5. The predicted octanol–water partition coefficient (Wildman–Crippen LogP) is 4.72. The van der Waals surface area contributed by atoms with Gasteiger partial charge in [0.15, 0.2) is 5.82 Å². The third-order valence-corrected chi connectivity index (χ3v) is 9.76. The molecule has 226 valence electrons. The quantitative estimate of drug-likeness (QED) is 0.294. The Hall–Kier alpha value is -3.22. The fraction of sp³-hybridized carbons (Fsp3) is 0.517. The zero-order valence-electron chi connectivity index (χ0n) is 24.0. The number of hydrogen-bond donors (Lipinski definition) is 2. The maximum absolute atomic E-state index is 12.6. The monoisotopic (exact) mass is 616 g/mol. The number of pyridine rings is 1. The van der Waals surface area contributed by atoms with Crippen molar-refractivity contribution in [2.24, 2.45) is 11.8 Å². The van der Waals surface area contributed by atoms with Crippen molar-refractivity contribution >= 4 is 39.2 Å². The number of hydrogen-bond acceptors (Lipinski definition) is 9. The maximum atomic E-state index is 12.6. The molecular formula is C29H37ClN6O5S. The van der Waals surface area contributed by atoms with Gasteiger partial charge in [-0.1, -0.05) is 48.9 Å². The Morgan fingerprint density at radius 3 is 2.64 bits per heavy atom. The van der Waals surface area contributed by atoms with E-state index in [1.807, 2.05) is 23.1 Å². The van der Waals surface area contributed by atoms with E-state index >= 15 is 0 Å². The molecule has 0 bridgehead atoms. The molecular weight excluding hydrogens is 580 g/mol. The normalized spacial score (nSPS) is 22.1. The van der Waals surface area contributed by atoms with Gasteiger partial charge in [0.25, 0.3) is 0 Å². The second kappa shape index (κ2) is 12.6. The molecule has 3 aromatic rings. The molecule has 11 nitrogen and oxygen atoms in total. The van der Waals surface area contributed by atoms with Crippen LogP contribution in [0.1, 0.15) is 62.4 Å². The second-order valence-electron chi connectivity index (χ2n) is 11.3. The van der Waals surface area contributed by atoms with Crippen molar-refractivity contribution in [3.05, 3.63) is 52.9 Å². The van der Waals surface area contributed by atoms with E-state index in [-0.39, 0.29) is 35.1 Å². The molecule has 2 unspecified atom stereocenters. The Labute approximate surface area is 251 Å². The highest BCUT2D eigenvalue weighted by Crippen LogP contribution is 2.42. The number of carbonyl (C=O) groups is 1. The van der Waals surface area contributed by atoms with E-state index in [0.29, 0.717) is 48.6 Å². The van der Waals surface area contributed by atoms with Crippen molar-refractivity contribution in [2.75, 3.05) is 42.1 Å². The standard InChI is InChI=1S/C29H37ClN6O5S/c1-18-15-20(18)17-36(14-8-12-24(37)38)23-16-22(25(30)27(32-23)35(2)42(3,39)40)28-33-34-29(41-28)26-21(11-7-13-31-26)19-9-5-4-6-10-19/h4-6,9-10,16,18,20-21,26,31H,7-8,11-15,17H2,1-3H3,(H,37,38)/t18-,20+,21?,26?/m1/s1. The van der Waals surface area contributed by atoms with Crippen molar-refractivity contribution in [1.29, 1.82) is 0 Å². The number of anilines is 2. The molecule has 2 N–H and O–H groups in total. The van der Waals surface area contributed by atoms with Crippen LogP contribution in [0.15, 0.2) is 40.8 Å². The first-order valence-corrected chi connectivity index (χ1v) is 16.5. The zero-order chi connectivity index (χ0) is 30.0. The maximum Gasteiger partial charge on any atom is 0.303 e. The molecule has 1 saturated heterocycles. The number of benzene rings is 1. The van der Waals surface area contributed by atoms with Crippen molar-refractivity contribution in [1.82, 2.24) is 20.5 Å². The van der Waals surface area contributed by atoms with Gasteiger partial charge < -0.3 is 19.7 Å². The lowest BCUT2D eigenvalue weighted by Crippen LogP contribution is -2.33. The number of aliphatic carboxylic acids is 1. The predicted molar refractivity (Wildman–Crippen MR) is 161 cm³/mol. The molecule has 0 amide bonds. The molecule has 13 heteroatoms. The van der Waals surface area contributed by atoms with E-state index in [0.717, 1.165) is 36.4 Å². The van der Waals surface area contributed by atoms with Gasteiger partial charge in [-0.05, 0) is 55.7 Å².